The summed E-state index contributed by atoms with van der Waals surface area (Å²) in [7, 11) is 0. The molecule has 2 unspecified atom stereocenters. The number of aryl methyl sites for hydroxylation is 2. The molecule has 2 atom stereocenters. The molecule has 0 radical (unpaired) electrons. The van der Waals surface area contributed by atoms with Gasteiger partial charge in [0, 0.05) is 6.04 Å². The average Bonchev–Trinajstić information content (AvgIpc) is 2.24. The maximum absolute atomic E-state index is 3.67. The van der Waals surface area contributed by atoms with Crippen molar-refractivity contribution in [1.29, 1.82) is 0 Å². The van der Waals surface area contributed by atoms with Gasteiger partial charge in [0.25, 0.3) is 0 Å². The number of hydrogen-bond donors (Lipinski definition) is 1. The van der Waals surface area contributed by atoms with Gasteiger partial charge in [-0.2, -0.15) is 0 Å². The molecule has 1 aromatic carbocycles. The largest absolute Gasteiger partial charge is 0.310 e. The topological polar surface area (TPSA) is 12.0 Å². The van der Waals surface area contributed by atoms with Crippen LogP contribution >= 0.6 is 0 Å². The van der Waals surface area contributed by atoms with Gasteiger partial charge in [-0.05, 0) is 50.1 Å². The lowest BCUT2D eigenvalue weighted by Gasteiger charge is -2.27. The predicted octanol–water partition coefficient (Wildman–Crippen LogP) is 5.42. The van der Waals surface area contributed by atoms with E-state index in [1.807, 2.05) is 0 Å². The van der Waals surface area contributed by atoms with E-state index < -0.39 is 0 Å². The van der Waals surface area contributed by atoms with Gasteiger partial charge >= 0.3 is 0 Å². The Balaban J connectivity index is 2.83. The second-order valence-corrected chi connectivity index (χ2v) is 7.64. The van der Waals surface area contributed by atoms with Crippen LogP contribution in [0.15, 0.2) is 18.2 Å². The van der Waals surface area contributed by atoms with E-state index in [9.17, 15) is 0 Å². The van der Waals surface area contributed by atoms with Crippen molar-refractivity contribution in [2.45, 2.75) is 67.3 Å². The molecule has 1 aromatic rings. The first-order chi connectivity index (χ1) is 9.21. The van der Waals surface area contributed by atoms with Crippen molar-refractivity contribution >= 4 is 0 Å². The molecule has 0 heterocycles. The first-order valence-corrected chi connectivity index (χ1v) is 8.03. The normalized spacial score (nSPS) is 15.2. The third kappa shape index (κ3) is 6.09. The van der Waals surface area contributed by atoms with E-state index in [0.29, 0.717) is 11.5 Å². The van der Waals surface area contributed by atoms with Crippen LogP contribution in [-0.4, -0.2) is 6.54 Å². The first-order valence-electron chi connectivity index (χ1n) is 8.03. The second kappa shape index (κ2) is 7.26. The van der Waals surface area contributed by atoms with Crippen LogP contribution in [0.4, 0.5) is 0 Å². The molecule has 114 valence electrons. The summed E-state index contributed by atoms with van der Waals surface area (Å²) in [6.45, 7) is 17.0. The number of nitrogens with one attached hydrogen (secondary N) is 1. The number of hydrogen-bond acceptors (Lipinski definition) is 1. The smallest absolute Gasteiger partial charge is 0.0322 e. The summed E-state index contributed by atoms with van der Waals surface area (Å²) in [5.74, 6) is 0.736. The van der Waals surface area contributed by atoms with Crippen molar-refractivity contribution in [1.82, 2.24) is 5.32 Å². The van der Waals surface area contributed by atoms with Gasteiger partial charge in [0.1, 0.15) is 0 Å². The Morgan fingerprint density at radius 3 is 2.05 bits per heavy atom. The molecular formula is C19H33N. The van der Waals surface area contributed by atoms with Crippen molar-refractivity contribution in [3.05, 3.63) is 34.9 Å². The summed E-state index contributed by atoms with van der Waals surface area (Å²) >= 11 is 0. The van der Waals surface area contributed by atoms with Gasteiger partial charge in [-0.3, -0.25) is 0 Å². The third-order valence-corrected chi connectivity index (χ3v) is 3.70. The summed E-state index contributed by atoms with van der Waals surface area (Å²) in [6.07, 6.45) is 2.49. The monoisotopic (exact) mass is 275 g/mol. The van der Waals surface area contributed by atoms with Gasteiger partial charge in [0.05, 0.1) is 0 Å². The molecule has 1 heteroatoms. The van der Waals surface area contributed by atoms with E-state index in [1.54, 1.807) is 0 Å². The minimum Gasteiger partial charge on any atom is -0.310 e. The summed E-state index contributed by atoms with van der Waals surface area (Å²) in [6, 6.07) is 7.41. The predicted molar refractivity (Wildman–Crippen MR) is 90.2 cm³/mol. The Labute approximate surface area is 126 Å². The fourth-order valence-corrected chi connectivity index (χ4v) is 3.33. The van der Waals surface area contributed by atoms with E-state index in [4.69, 9.17) is 0 Å². The molecular weight excluding hydrogens is 242 g/mol. The lowest BCUT2D eigenvalue weighted by molar-refractivity contribution is 0.276. The van der Waals surface area contributed by atoms with E-state index in [1.165, 1.54) is 29.5 Å². The maximum Gasteiger partial charge on any atom is 0.0322 e. The fourth-order valence-electron chi connectivity index (χ4n) is 3.33. The Hall–Kier alpha value is -0.820. The Morgan fingerprint density at radius 1 is 1.05 bits per heavy atom. The first kappa shape index (κ1) is 17.2. The molecule has 0 aromatic heterocycles. The number of benzene rings is 1. The SMILES string of the molecule is CCNC(CC(C)CC(C)(C)C)c1cc(C)cc(C)c1. The molecule has 1 N–H and O–H groups in total. The minimum atomic E-state index is 0.415. The van der Waals surface area contributed by atoms with Crippen LogP contribution in [0.25, 0.3) is 0 Å². The van der Waals surface area contributed by atoms with Crippen molar-refractivity contribution in [3.63, 3.8) is 0 Å². The van der Waals surface area contributed by atoms with E-state index in [0.717, 1.165) is 12.5 Å². The van der Waals surface area contributed by atoms with Crippen LogP contribution in [0, 0.1) is 25.2 Å². The molecule has 0 aliphatic carbocycles. The highest BCUT2D eigenvalue weighted by Crippen LogP contribution is 2.31. The van der Waals surface area contributed by atoms with Crippen LogP contribution in [0.5, 0.6) is 0 Å². The van der Waals surface area contributed by atoms with Crippen molar-refractivity contribution in [3.8, 4) is 0 Å². The summed E-state index contributed by atoms with van der Waals surface area (Å²) in [5.41, 5.74) is 4.60. The van der Waals surface area contributed by atoms with E-state index >= 15 is 0 Å². The molecule has 0 amide bonds. The number of rotatable bonds is 6. The summed E-state index contributed by atoms with van der Waals surface area (Å²) in [4.78, 5) is 0. The zero-order valence-electron chi connectivity index (χ0n) is 14.5. The van der Waals surface area contributed by atoms with Crippen LogP contribution in [0.3, 0.4) is 0 Å². The molecule has 0 saturated heterocycles. The highest BCUT2D eigenvalue weighted by molar-refractivity contribution is 5.30. The third-order valence-electron chi connectivity index (χ3n) is 3.70. The van der Waals surface area contributed by atoms with Crippen molar-refractivity contribution in [2.75, 3.05) is 6.54 Å². The summed E-state index contributed by atoms with van der Waals surface area (Å²) in [5, 5.41) is 3.67. The molecule has 0 aliphatic heterocycles. The lowest BCUT2D eigenvalue weighted by atomic mass is 9.82. The molecule has 1 rings (SSSR count). The molecule has 1 nitrogen and oxygen atoms in total. The van der Waals surface area contributed by atoms with Gasteiger partial charge in [0.2, 0.25) is 0 Å². The highest BCUT2D eigenvalue weighted by Gasteiger charge is 2.20. The molecule has 0 saturated carbocycles. The second-order valence-electron chi connectivity index (χ2n) is 7.64. The lowest BCUT2D eigenvalue weighted by Crippen LogP contribution is -2.24. The standard InChI is InChI=1S/C19H33N/c1-8-20-18(12-16(4)13-19(5,6)7)17-10-14(2)9-15(3)11-17/h9-11,16,18,20H,8,12-13H2,1-7H3. The van der Waals surface area contributed by atoms with Crippen LogP contribution < -0.4 is 5.32 Å². The van der Waals surface area contributed by atoms with Crippen LogP contribution in [-0.2, 0) is 0 Å². The van der Waals surface area contributed by atoms with Crippen molar-refractivity contribution < 1.29 is 0 Å². The van der Waals surface area contributed by atoms with Gasteiger partial charge in [-0.25, -0.2) is 0 Å². The van der Waals surface area contributed by atoms with Crippen LogP contribution in [0.1, 0.15) is 70.2 Å². The van der Waals surface area contributed by atoms with Crippen molar-refractivity contribution in [2.24, 2.45) is 11.3 Å². The minimum absolute atomic E-state index is 0.415. The van der Waals surface area contributed by atoms with Gasteiger partial charge < -0.3 is 5.32 Å². The molecule has 0 bridgehead atoms. The molecule has 20 heavy (non-hydrogen) atoms. The highest BCUT2D eigenvalue weighted by atomic mass is 14.9. The van der Waals surface area contributed by atoms with Gasteiger partial charge in [-0.1, -0.05) is 63.9 Å². The zero-order valence-corrected chi connectivity index (χ0v) is 14.5. The zero-order chi connectivity index (χ0) is 15.3. The molecule has 0 fully saturated rings. The van der Waals surface area contributed by atoms with E-state index in [2.05, 4.69) is 72.0 Å². The Morgan fingerprint density at radius 2 is 1.60 bits per heavy atom. The molecule has 0 aliphatic rings. The maximum atomic E-state index is 3.67. The molecule has 0 spiro atoms. The average molecular weight is 275 g/mol. The Kier molecular flexibility index (Phi) is 6.26. The van der Waals surface area contributed by atoms with Gasteiger partial charge in [0.15, 0.2) is 0 Å². The Bertz CT molecular complexity index is 394. The summed E-state index contributed by atoms with van der Waals surface area (Å²) < 4.78 is 0. The fraction of sp³-hybridized carbons (Fsp3) is 0.684. The quantitative estimate of drug-likeness (QED) is 0.731. The van der Waals surface area contributed by atoms with Gasteiger partial charge in [-0.15, -0.1) is 0 Å². The van der Waals surface area contributed by atoms with Crippen LogP contribution in [0.2, 0.25) is 0 Å². The van der Waals surface area contributed by atoms with E-state index in [-0.39, 0.29) is 0 Å².